The molecule has 0 bridgehead atoms. The van der Waals surface area contributed by atoms with E-state index in [0.29, 0.717) is 12.5 Å². The van der Waals surface area contributed by atoms with Crippen LogP contribution in [0.5, 0.6) is 0 Å². The summed E-state index contributed by atoms with van der Waals surface area (Å²) in [6.07, 6.45) is 3.19. The first kappa shape index (κ1) is 13.5. The number of rotatable bonds is 4. The Labute approximate surface area is 110 Å². The van der Waals surface area contributed by atoms with Crippen LogP contribution in [-0.2, 0) is 4.74 Å². The number of aromatic nitrogens is 1. The van der Waals surface area contributed by atoms with E-state index in [4.69, 9.17) is 9.84 Å². The number of aromatic carboxylic acids is 1. The first-order valence-electron chi connectivity index (χ1n) is 6.22. The number of carbonyl (C=O) groups is 2. The molecular formula is C13H16N2O4. The average molecular weight is 264 g/mol. The second kappa shape index (κ2) is 6.29. The van der Waals surface area contributed by atoms with E-state index in [2.05, 4.69) is 10.3 Å². The van der Waals surface area contributed by atoms with Gasteiger partial charge in [-0.3, -0.25) is 9.78 Å². The normalized spacial score (nSPS) is 16.0. The molecule has 1 saturated heterocycles. The fourth-order valence-electron chi connectivity index (χ4n) is 1.97. The van der Waals surface area contributed by atoms with Crippen molar-refractivity contribution in [1.29, 1.82) is 0 Å². The van der Waals surface area contributed by atoms with Crippen LogP contribution in [0.3, 0.4) is 0 Å². The number of hydrogen-bond donors (Lipinski definition) is 2. The molecule has 0 saturated carbocycles. The quantitative estimate of drug-likeness (QED) is 0.844. The van der Waals surface area contributed by atoms with Gasteiger partial charge in [-0.15, -0.1) is 0 Å². The predicted octanol–water partition coefficient (Wildman–Crippen LogP) is 0.936. The summed E-state index contributed by atoms with van der Waals surface area (Å²) in [5.74, 6) is -0.990. The molecule has 0 radical (unpaired) electrons. The van der Waals surface area contributed by atoms with Crippen LogP contribution in [-0.4, -0.2) is 41.7 Å². The van der Waals surface area contributed by atoms with Crippen LogP contribution in [0, 0.1) is 5.92 Å². The van der Waals surface area contributed by atoms with E-state index < -0.39 is 5.97 Å². The Hall–Kier alpha value is -1.95. The summed E-state index contributed by atoms with van der Waals surface area (Å²) >= 11 is 0. The van der Waals surface area contributed by atoms with Crippen LogP contribution in [0.2, 0.25) is 0 Å². The van der Waals surface area contributed by atoms with E-state index in [-0.39, 0.29) is 17.2 Å². The molecular weight excluding hydrogens is 248 g/mol. The van der Waals surface area contributed by atoms with Gasteiger partial charge in [0, 0.05) is 26.0 Å². The molecule has 0 spiro atoms. The topological polar surface area (TPSA) is 88.5 Å². The molecule has 1 aromatic rings. The van der Waals surface area contributed by atoms with Crippen molar-refractivity contribution in [3.8, 4) is 0 Å². The molecule has 2 N–H and O–H groups in total. The Morgan fingerprint density at radius 1 is 1.42 bits per heavy atom. The van der Waals surface area contributed by atoms with Gasteiger partial charge in [0.25, 0.3) is 5.91 Å². The van der Waals surface area contributed by atoms with Gasteiger partial charge in [0.15, 0.2) is 0 Å². The number of ether oxygens (including phenoxy) is 1. The van der Waals surface area contributed by atoms with Gasteiger partial charge in [0.05, 0.1) is 5.56 Å². The van der Waals surface area contributed by atoms with Crippen LogP contribution in [0.1, 0.15) is 33.7 Å². The Morgan fingerprint density at radius 3 is 2.84 bits per heavy atom. The summed E-state index contributed by atoms with van der Waals surface area (Å²) in [6.45, 7) is 2.03. The van der Waals surface area contributed by atoms with Gasteiger partial charge in [-0.1, -0.05) is 0 Å². The van der Waals surface area contributed by atoms with Crippen molar-refractivity contribution in [3.05, 3.63) is 29.6 Å². The lowest BCUT2D eigenvalue weighted by Crippen LogP contribution is -2.32. The van der Waals surface area contributed by atoms with Gasteiger partial charge in [-0.05, 0) is 30.9 Å². The Morgan fingerprint density at radius 2 is 2.16 bits per heavy atom. The molecule has 6 nitrogen and oxygen atoms in total. The smallest absolute Gasteiger partial charge is 0.335 e. The van der Waals surface area contributed by atoms with Gasteiger partial charge in [0.2, 0.25) is 0 Å². The number of carboxylic acids is 1. The Bertz CT molecular complexity index is 469. The molecule has 1 fully saturated rings. The summed E-state index contributed by atoms with van der Waals surface area (Å²) in [4.78, 5) is 26.6. The minimum atomic E-state index is -1.07. The predicted molar refractivity (Wildman–Crippen MR) is 67.1 cm³/mol. The first-order valence-corrected chi connectivity index (χ1v) is 6.22. The van der Waals surface area contributed by atoms with Gasteiger partial charge >= 0.3 is 5.97 Å². The lowest BCUT2D eigenvalue weighted by Gasteiger charge is -2.22. The maximum Gasteiger partial charge on any atom is 0.335 e. The number of amides is 1. The van der Waals surface area contributed by atoms with Crippen molar-refractivity contribution in [3.63, 3.8) is 0 Å². The van der Waals surface area contributed by atoms with Gasteiger partial charge in [0.1, 0.15) is 5.69 Å². The first-order chi connectivity index (χ1) is 9.16. The van der Waals surface area contributed by atoms with Crippen molar-refractivity contribution >= 4 is 11.9 Å². The third-order valence-electron chi connectivity index (χ3n) is 3.13. The molecule has 0 atom stereocenters. The lowest BCUT2D eigenvalue weighted by molar-refractivity contribution is 0.0642. The Kier molecular flexibility index (Phi) is 4.46. The number of nitrogens with one attached hydrogen (secondary N) is 1. The maximum absolute atomic E-state index is 11.9. The van der Waals surface area contributed by atoms with Crippen molar-refractivity contribution in [1.82, 2.24) is 10.3 Å². The molecule has 0 unspecified atom stereocenters. The molecule has 1 aromatic heterocycles. The number of carbonyl (C=O) groups excluding carboxylic acids is 1. The maximum atomic E-state index is 11.9. The Balaban J connectivity index is 1.92. The highest BCUT2D eigenvalue weighted by molar-refractivity contribution is 5.95. The molecule has 0 aromatic carbocycles. The van der Waals surface area contributed by atoms with Crippen molar-refractivity contribution in [2.45, 2.75) is 12.8 Å². The lowest BCUT2D eigenvalue weighted by atomic mass is 10.0. The third-order valence-corrected chi connectivity index (χ3v) is 3.13. The minimum absolute atomic E-state index is 0.0613. The van der Waals surface area contributed by atoms with E-state index in [1.807, 2.05) is 0 Å². The van der Waals surface area contributed by atoms with Crippen LogP contribution >= 0.6 is 0 Å². The number of nitrogens with zero attached hydrogens (tertiary/aromatic N) is 1. The van der Waals surface area contributed by atoms with Crippen LogP contribution in [0.4, 0.5) is 0 Å². The van der Waals surface area contributed by atoms with Crippen LogP contribution < -0.4 is 5.32 Å². The van der Waals surface area contributed by atoms with E-state index in [1.165, 1.54) is 18.3 Å². The highest BCUT2D eigenvalue weighted by atomic mass is 16.5. The fourth-order valence-corrected chi connectivity index (χ4v) is 1.97. The van der Waals surface area contributed by atoms with Crippen molar-refractivity contribution in [2.24, 2.45) is 5.92 Å². The largest absolute Gasteiger partial charge is 0.478 e. The summed E-state index contributed by atoms with van der Waals surface area (Å²) in [5, 5.41) is 11.6. The average Bonchev–Trinajstić information content (AvgIpc) is 2.46. The second-order valence-corrected chi connectivity index (χ2v) is 4.50. The zero-order valence-corrected chi connectivity index (χ0v) is 10.5. The van der Waals surface area contributed by atoms with E-state index in [1.54, 1.807) is 0 Å². The van der Waals surface area contributed by atoms with Crippen molar-refractivity contribution in [2.75, 3.05) is 19.8 Å². The second-order valence-electron chi connectivity index (χ2n) is 4.50. The summed E-state index contributed by atoms with van der Waals surface area (Å²) in [7, 11) is 0. The standard InChI is InChI=1S/C13H16N2O4/c16-12(15-8-9-2-5-19-6-3-9)11-7-10(13(17)18)1-4-14-11/h1,4,7,9H,2-3,5-6,8H2,(H,15,16)(H,17,18). The van der Waals surface area contributed by atoms with Gasteiger partial charge < -0.3 is 15.2 Å². The molecule has 2 heterocycles. The molecule has 102 valence electrons. The van der Waals surface area contributed by atoms with E-state index in [0.717, 1.165) is 26.1 Å². The third kappa shape index (κ3) is 3.75. The SMILES string of the molecule is O=C(O)c1ccnc(C(=O)NCC2CCOCC2)c1. The monoisotopic (exact) mass is 264 g/mol. The molecule has 1 aliphatic rings. The van der Waals surface area contributed by atoms with Gasteiger partial charge in [-0.25, -0.2) is 4.79 Å². The van der Waals surface area contributed by atoms with Gasteiger partial charge in [-0.2, -0.15) is 0 Å². The molecule has 1 amide bonds. The summed E-state index contributed by atoms with van der Waals surface area (Å²) in [5.41, 5.74) is 0.193. The number of hydrogen-bond acceptors (Lipinski definition) is 4. The molecule has 19 heavy (non-hydrogen) atoms. The number of carboxylic acid groups (broad SMARTS) is 1. The highest BCUT2D eigenvalue weighted by Gasteiger charge is 2.16. The fraction of sp³-hybridized carbons (Fsp3) is 0.462. The molecule has 6 heteroatoms. The van der Waals surface area contributed by atoms with E-state index >= 15 is 0 Å². The minimum Gasteiger partial charge on any atom is -0.478 e. The van der Waals surface area contributed by atoms with E-state index in [9.17, 15) is 9.59 Å². The summed E-state index contributed by atoms with van der Waals surface area (Å²) < 4.78 is 5.24. The zero-order chi connectivity index (χ0) is 13.7. The molecule has 1 aliphatic heterocycles. The highest BCUT2D eigenvalue weighted by Crippen LogP contribution is 2.13. The zero-order valence-electron chi connectivity index (χ0n) is 10.5. The number of pyridine rings is 1. The summed E-state index contributed by atoms with van der Waals surface area (Å²) in [6, 6.07) is 2.64. The molecule has 2 rings (SSSR count). The van der Waals surface area contributed by atoms with Crippen LogP contribution in [0.15, 0.2) is 18.3 Å². The molecule has 0 aliphatic carbocycles. The van der Waals surface area contributed by atoms with Crippen LogP contribution in [0.25, 0.3) is 0 Å². The van der Waals surface area contributed by atoms with Crippen molar-refractivity contribution < 1.29 is 19.4 Å².